The molecule has 1 heterocycles. The molecule has 4 rings (SSSR count). The van der Waals surface area contributed by atoms with Crippen LogP contribution in [0.15, 0.2) is 68.8 Å². The van der Waals surface area contributed by atoms with E-state index in [2.05, 4.69) is 18.4 Å². The molecule has 202 valence electrons. The van der Waals surface area contributed by atoms with Crippen molar-refractivity contribution in [1.29, 1.82) is 0 Å². The molecule has 2 aliphatic rings. The van der Waals surface area contributed by atoms with Crippen LogP contribution < -0.4 is 9.93 Å². The Balaban J connectivity index is 2.19. The summed E-state index contributed by atoms with van der Waals surface area (Å²) in [6.45, 7) is 9.86. The average molecular weight is 558 g/mol. The fraction of sp³-hybridized carbons (Fsp3) is 0.321. The topological polar surface area (TPSA) is 128 Å². The van der Waals surface area contributed by atoms with Crippen molar-refractivity contribution in [3.63, 3.8) is 0 Å². The van der Waals surface area contributed by atoms with Crippen LogP contribution in [0.3, 0.4) is 0 Å². The van der Waals surface area contributed by atoms with Crippen molar-refractivity contribution < 1.29 is 30.4 Å². The first-order chi connectivity index (χ1) is 17.9. The Hall–Kier alpha value is -3.05. The third-order valence-corrected chi connectivity index (χ3v) is 8.83. The summed E-state index contributed by atoms with van der Waals surface area (Å²) in [6.07, 6.45) is 1.87. The van der Waals surface area contributed by atoms with E-state index >= 15 is 0 Å². The van der Waals surface area contributed by atoms with Crippen LogP contribution in [0.1, 0.15) is 52.0 Å². The molecule has 2 aromatic carbocycles. The summed E-state index contributed by atoms with van der Waals surface area (Å²) in [5.74, 6) is 0.800. The van der Waals surface area contributed by atoms with Gasteiger partial charge in [0.15, 0.2) is 0 Å². The summed E-state index contributed by atoms with van der Waals surface area (Å²) >= 11 is 0. The van der Waals surface area contributed by atoms with Gasteiger partial charge in [-0.1, -0.05) is 32.0 Å². The van der Waals surface area contributed by atoms with E-state index in [1.54, 1.807) is 0 Å². The van der Waals surface area contributed by atoms with Crippen LogP contribution in [0.25, 0.3) is 33.4 Å². The van der Waals surface area contributed by atoms with Crippen LogP contribution in [0.4, 0.5) is 0 Å². The highest BCUT2D eigenvalue weighted by Crippen LogP contribution is 2.43. The number of hydrogen-bond acceptors (Lipinski definition) is 6. The monoisotopic (exact) mass is 557 g/mol. The number of hydrogen-bond donors (Lipinski definition) is 1. The van der Waals surface area contributed by atoms with Gasteiger partial charge in [-0.25, -0.2) is 13.0 Å². The first-order valence-corrected chi connectivity index (χ1v) is 15.4. The second-order valence-electron chi connectivity index (χ2n) is 9.19. The Morgan fingerprint density at radius 3 is 2.11 bits per heavy atom. The first-order valence-electron chi connectivity index (χ1n) is 12.6. The summed E-state index contributed by atoms with van der Waals surface area (Å²) in [6, 6.07) is 14.4. The second-order valence-corrected chi connectivity index (χ2v) is 12.0. The Morgan fingerprint density at radius 2 is 1.53 bits per heavy atom. The predicted octanol–water partition coefficient (Wildman–Crippen LogP) is 5.07. The van der Waals surface area contributed by atoms with Gasteiger partial charge >= 0.3 is 0 Å². The molecule has 0 spiro atoms. The lowest BCUT2D eigenvalue weighted by Crippen LogP contribution is -2.29. The second kappa shape index (κ2) is 10.6. The summed E-state index contributed by atoms with van der Waals surface area (Å²) in [7, 11) is -9.86. The molecule has 1 aliphatic carbocycles. The molecule has 0 saturated heterocycles. The van der Waals surface area contributed by atoms with Crippen molar-refractivity contribution in [3.05, 3.63) is 65.5 Å². The molecule has 0 atom stereocenters. The largest absolute Gasteiger partial charge is 0.744 e. The molecule has 10 heteroatoms. The molecule has 8 nitrogen and oxygen atoms in total. The quantitative estimate of drug-likeness (QED) is 0.182. The van der Waals surface area contributed by atoms with E-state index in [4.69, 9.17) is 4.42 Å². The minimum Gasteiger partial charge on any atom is -0.744 e. The number of benzene rings is 3. The maximum atomic E-state index is 12.4. The van der Waals surface area contributed by atoms with Gasteiger partial charge in [0.1, 0.15) is 34.6 Å². The Labute approximate surface area is 223 Å². The van der Waals surface area contributed by atoms with Gasteiger partial charge in [-0.3, -0.25) is 4.55 Å². The van der Waals surface area contributed by atoms with Gasteiger partial charge < -0.3 is 8.97 Å². The number of fused-ring (bicyclic) bond motifs is 2. The van der Waals surface area contributed by atoms with Crippen LogP contribution in [-0.2, 0) is 20.2 Å². The lowest BCUT2D eigenvalue weighted by molar-refractivity contribution is 0.463. The highest BCUT2D eigenvalue weighted by Gasteiger charge is 2.24. The van der Waals surface area contributed by atoms with E-state index in [1.165, 1.54) is 6.07 Å². The lowest BCUT2D eigenvalue weighted by atomic mass is 9.90. The van der Waals surface area contributed by atoms with Crippen LogP contribution >= 0.6 is 0 Å². The third kappa shape index (κ3) is 5.26. The zero-order valence-electron chi connectivity index (χ0n) is 21.8. The lowest BCUT2D eigenvalue weighted by Gasteiger charge is -2.20. The molecule has 1 N–H and O–H groups in total. The molecule has 0 aromatic heterocycles. The van der Waals surface area contributed by atoms with Gasteiger partial charge in [-0.15, -0.1) is 0 Å². The van der Waals surface area contributed by atoms with E-state index in [9.17, 15) is 25.9 Å². The fourth-order valence-corrected chi connectivity index (χ4v) is 6.35. The fourth-order valence-electron chi connectivity index (χ4n) is 5.06. The van der Waals surface area contributed by atoms with Crippen molar-refractivity contribution >= 4 is 31.2 Å². The van der Waals surface area contributed by atoms with Crippen molar-refractivity contribution in [2.75, 3.05) is 13.1 Å². The zero-order chi connectivity index (χ0) is 27.8. The smallest absolute Gasteiger partial charge is 0.294 e. The average Bonchev–Trinajstić information content (AvgIpc) is 2.87. The van der Waals surface area contributed by atoms with Crippen LogP contribution in [0, 0.1) is 0 Å². The van der Waals surface area contributed by atoms with Crippen LogP contribution in [-0.4, -0.2) is 39.0 Å². The molecule has 1 aliphatic heterocycles. The molecular formula is C28H31NO7S2. The van der Waals surface area contributed by atoms with Gasteiger partial charge in [0.05, 0.1) is 15.9 Å². The molecule has 0 fully saturated rings. The van der Waals surface area contributed by atoms with E-state index in [0.717, 1.165) is 42.9 Å². The van der Waals surface area contributed by atoms with Crippen LogP contribution in [0.2, 0.25) is 0 Å². The van der Waals surface area contributed by atoms with Crippen molar-refractivity contribution in [3.8, 4) is 22.5 Å². The van der Waals surface area contributed by atoms with Gasteiger partial charge in [-0.2, -0.15) is 8.42 Å². The maximum absolute atomic E-state index is 12.4. The van der Waals surface area contributed by atoms with E-state index in [1.807, 2.05) is 50.2 Å². The van der Waals surface area contributed by atoms with E-state index < -0.39 is 30.0 Å². The summed E-state index contributed by atoms with van der Waals surface area (Å²) in [5, 5.41) is 1.50. The standard InChI is InChI=1S/C28H31NO7S2/c1-5-18(6-2)19-9-12-22-25(15-19)36-26-16-20(29(7-3)8-4)10-13-23(26)28(22)24-14-11-21(37(30,31)32)17-27(24)38(33,34)35/h9-18H,5-8H2,1-4H3,(H-,30,31,32,33,34,35). The molecule has 0 radical (unpaired) electrons. The van der Waals surface area contributed by atoms with Gasteiger partial charge in [0, 0.05) is 28.1 Å². The molecule has 38 heavy (non-hydrogen) atoms. The Morgan fingerprint density at radius 1 is 0.868 bits per heavy atom. The third-order valence-electron chi connectivity index (χ3n) is 7.10. The van der Waals surface area contributed by atoms with E-state index in [-0.39, 0.29) is 5.56 Å². The number of rotatable bonds is 8. The molecular weight excluding hydrogens is 526 g/mol. The molecule has 0 saturated carbocycles. The Kier molecular flexibility index (Phi) is 7.81. The molecule has 0 amide bonds. The van der Waals surface area contributed by atoms with Gasteiger partial charge in [0.25, 0.3) is 10.1 Å². The first kappa shape index (κ1) is 28.0. The van der Waals surface area contributed by atoms with Gasteiger partial charge in [-0.05, 0) is 62.4 Å². The summed E-state index contributed by atoms with van der Waals surface area (Å²) < 4.78 is 78.6. The van der Waals surface area contributed by atoms with E-state index in [0.29, 0.717) is 39.8 Å². The number of nitrogens with zero attached hydrogens (tertiary/aromatic N) is 1. The Bertz CT molecular complexity index is 1760. The van der Waals surface area contributed by atoms with Crippen LogP contribution in [0.5, 0.6) is 0 Å². The maximum Gasteiger partial charge on any atom is 0.294 e. The summed E-state index contributed by atoms with van der Waals surface area (Å²) in [4.78, 5) is -1.41. The predicted molar refractivity (Wildman–Crippen MR) is 146 cm³/mol. The summed E-state index contributed by atoms with van der Waals surface area (Å²) in [5.41, 5.74) is 2.62. The minimum atomic E-state index is -5.13. The SMILES string of the molecule is CCC(CC)c1ccc2c(-c3ccc(S(=O)(=O)O)cc3S(=O)(=O)[O-])c3ccc(=[N+](CC)CC)cc-3oc2c1. The molecule has 0 unspecified atom stereocenters. The molecule has 2 aromatic rings. The molecule has 0 bridgehead atoms. The van der Waals surface area contributed by atoms with Crippen molar-refractivity contribution in [1.82, 2.24) is 4.58 Å². The highest BCUT2D eigenvalue weighted by atomic mass is 32.2. The van der Waals surface area contributed by atoms with Gasteiger partial charge in [0.2, 0.25) is 5.36 Å². The minimum absolute atomic E-state index is 0.0315. The highest BCUT2D eigenvalue weighted by molar-refractivity contribution is 7.86. The normalized spacial score (nSPS) is 12.5. The van der Waals surface area contributed by atoms with Crippen molar-refractivity contribution in [2.45, 2.75) is 56.2 Å². The van der Waals surface area contributed by atoms with Crippen molar-refractivity contribution in [2.24, 2.45) is 0 Å². The zero-order valence-corrected chi connectivity index (χ0v) is 23.4.